The maximum Gasteiger partial charge on any atom is 0.225 e. The van der Waals surface area contributed by atoms with E-state index in [1.54, 1.807) is 0 Å². The minimum absolute atomic E-state index is 0. The number of rotatable bonds is 6. The number of guanidine groups is 1. The molecule has 1 aliphatic heterocycles. The Morgan fingerprint density at radius 1 is 1.16 bits per heavy atom. The Kier molecular flexibility index (Phi) is 10.1. The van der Waals surface area contributed by atoms with Crippen molar-refractivity contribution in [3.8, 4) is 0 Å². The number of piperazine rings is 1. The Morgan fingerprint density at radius 2 is 1.80 bits per heavy atom. The maximum absolute atomic E-state index is 12.3. The molecule has 1 saturated heterocycles. The highest BCUT2D eigenvalue weighted by atomic mass is 127. The van der Waals surface area contributed by atoms with Gasteiger partial charge in [0.1, 0.15) is 0 Å². The van der Waals surface area contributed by atoms with Gasteiger partial charge in [-0.15, -0.1) is 24.0 Å². The summed E-state index contributed by atoms with van der Waals surface area (Å²) < 4.78 is 0. The molecule has 2 N–H and O–H groups in total. The van der Waals surface area contributed by atoms with E-state index in [0.29, 0.717) is 23.8 Å². The fourth-order valence-corrected chi connectivity index (χ4v) is 3.01. The van der Waals surface area contributed by atoms with E-state index in [0.717, 1.165) is 58.1 Å². The Balaban J connectivity index is 0.00000312. The number of carbonyl (C=O) groups excluding carboxylic acids is 1. The molecule has 1 atom stereocenters. The molecule has 2 aliphatic rings. The quantitative estimate of drug-likeness (QED) is 0.357. The first-order valence-electron chi connectivity index (χ1n) is 9.49. The third-order valence-electron chi connectivity index (χ3n) is 5.45. The van der Waals surface area contributed by atoms with Crippen LogP contribution in [0.15, 0.2) is 4.99 Å². The molecule has 146 valence electrons. The normalized spacial score (nSPS) is 20.7. The van der Waals surface area contributed by atoms with E-state index in [-0.39, 0.29) is 24.0 Å². The SMILES string of the molecule is CN=C(NCCN1CCN(C(=O)C2CCC2)CC1)NC(C)C(C)C.I. The zero-order chi connectivity index (χ0) is 17.5. The van der Waals surface area contributed by atoms with Crippen LogP contribution < -0.4 is 10.6 Å². The largest absolute Gasteiger partial charge is 0.355 e. The van der Waals surface area contributed by atoms with Gasteiger partial charge in [0.25, 0.3) is 0 Å². The molecule has 2 rings (SSSR count). The molecule has 1 amide bonds. The maximum atomic E-state index is 12.3. The monoisotopic (exact) mass is 465 g/mol. The summed E-state index contributed by atoms with van der Waals surface area (Å²) in [6, 6.07) is 0.400. The Morgan fingerprint density at radius 3 is 2.28 bits per heavy atom. The lowest BCUT2D eigenvalue weighted by atomic mass is 9.84. The molecule has 0 radical (unpaired) electrons. The number of hydrogen-bond donors (Lipinski definition) is 2. The highest BCUT2D eigenvalue weighted by Gasteiger charge is 2.30. The van der Waals surface area contributed by atoms with E-state index in [9.17, 15) is 4.79 Å². The van der Waals surface area contributed by atoms with Crippen molar-refractivity contribution in [3.05, 3.63) is 0 Å². The Bertz CT molecular complexity index is 431. The number of hydrogen-bond acceptors (Lipinski definition) is 3. The topological polar surface area (TPSA) is 60.0 Å². The average molecular weight is 465 g/mol. The molecule has 6 nitrogen and oxygen atoms in total. The fraction of sp³-hybridized carbons (Fsp3) is 0.889. The molecule has 1 aliphatic carbocycles. The second-order valence-corrected chi connectivity index (χ2v) is 7.47. The molecule has 0 spiro atoms. The van der Waals surface area contributed by atoms with Crippen LogP contribution in [-0.2, 0) is 4.79 Å². The van der Waals surface area contributed by atoms with Crippen LogP contribution >= 0.6 is 24.0 Å². The van der Waals surface area contributed by atoms with Crippen LogP contribution in [0.1, 0.15) is 40.0 Å². The number of amides is 1. The van der Waals surface area contributed by atoms with Crippen molar-refractivity contribution in [1.29, 1.82) is 0 Å². The first kappa shape index (κ1) is 22.5. The molecule has 7 heteroatoms. The lowest BCUT2D eigenvalue weighted by molar-refractivity contribution is -0.139. The minimum Gasteiger partial charge on any atom is -0.355 e. The van der Waals surface area contributed by atoms with Crippen LogP contribution in [0.2, 0.25) is 0 Å². The number of halogens is 1. The molecule has 1 saturated carbocycles. The predicted octanol–water partition coefficient (Wildman–Crippen LogP) is 1.76. The third kappa shape index (κ3) is 6.92. The van der Waals surface area contributed by atoms with Gasteiger partial charge >= 0.3 is 0 Å². The average Bonchev–Trinajstić information content (AvgIpc) is 2.52. The van der Waals surface area contributed by atoms with Gasteiger partial charge in [-0.2, -0.15) is 0 Å². The van der Waals surface area contributed by atoms with Crippen molar-refractivity contribution >= 4 is 35.8 Å². The van der Waals surface area contributed by atoms with Gasteiger partial charge in [0.15, 0.2) is 5.96 Å². The fourth-order valence-electron chi connectivity index (χ4n) is 3.01. The van der Waals surface area contributed by atoms with Crippen LogP contribution in [0.5, 0.6) is 0 Å². The summed E-state index contributed by atoms with van der Waals surface area (Å²) in [5.74, 6) is 2.17. The van der Waals surface area contributed by atoms with Crippen LogP contribution in [-0.4, -0.2) is 74.0 Å². The summed E-state index contributed by atoms with van der Waals surface area (Å²) in [5, 5.41) is 6.81. The predicted molar refractivity (Wildman–Crippen MR) is 115 cm³/mol. The van der Waals surface area contributed by atoms with Gasteiger partial charge in [-0.05, 0) is 25.7 Å². The Labute approximate surface area is 170 Å². The molecular weight excluding hydrogens is 429 g/mol. The van der Waals surface area contributed by atoms with E-state index in [1.807, 2.05) is 7.05 Å². The molecular formula is C18H36IN5O. The Hall–Kier alpha value is -0.570. The second kappa shape index (κ2) is 11.2. The summed E-state index contributed by atoms with van der Waals surface area (Å²) >= 11 is 0. The molecule has 25 heavy (non-hydrogen) atoms. The van der Waals surface area contributed by atoms with E-state index in [1.165, 1.54) is 6.42 Å². The first-order chi connectivity index (χ1) is 11.5. The molecule has 0 aromatic rings. The lowest BCUT2D eigenvalue weighted by Crippen LogP contribution is -2.53. The number of nitrogens with one attached hydrogen (secondary N) is 2. The van der Waals surface area contributed by atoms with Crippen molar-refractivity contribution in [3.63, 3.8) is 0 Å². The third-order valence-corrected chi connectivity index (χ3v) is 5.45. The van der Waals surface area contributed by atoms with Gasteiger partial charge in [-0.25, -0.2) is 0 Å². The molecule has 1 unspecified atom stereocenters. The van der Waals surface area contributed by atoms with E-state index >= 15 is 0 Å². The molecule has 0 aromatic carbocycles. The van der Waals surface area contributed by atoms with Gasteiger partial charge in [0, 0.05) is 58.3 Å². The van der Waals surface area contributed by atoms with Crippen molar-refractivity contribution in [2.75, 3.05) is 46.3 Å². The molecule has 2 fully saturated rings. The van der Waals surface area contributed by atoms with Gasteiger partial charge in [0.05, 0.1) is 0 Å². The van der Waals surface area contributed by atoms with Crippen molar-refractivity contribution in [2.24, 2.45) is 16.8 Å². The van der Waals surface area contributed by atoms with Crippen LogP contribution in [0.25, 0.3) is 0 Å². The molecule has 1 heterocycles. The van der Waals surface area contributed by atoms with Gasteiger partial charge in [0.2, 0.25) is 5.91 Å². The first-order valence-corrected chi connectivity index (χ1v) is 9.49. The van der Waals surface area contributed by atoms with E-state index < -0.39 is 0 Å². The number of nitrogens with zero attached hydrogens (tertiary/aromatic N) is 3. The zero-order valence-corrected chi connectivity index (χ0v) is 18.6. The number of carbonyl (C=O) groups is 1. The summed E-state index contributed by atoms with van der Waals surface area (Å²) in [6.45, 7) is 12.2. The standard InChI is InChI=1S/C18H35N5O.HI/c1-14(2)15(3)21-18(19-4)20-8-9-22-10-12-23(13-11-22)17(24)16-6-5-7-16;/h14-16H,5-13H2,1-4H3,(H2,19,20,21);1H. The van der Waals surface area contributed by atoms with E-state index in [4.69, 9.17) is 0 Å². The van der Waals surface area contributed by atoms with Crippen LogP contribution in [0, 0.1) is 11.8 Å². The summed E-state index contributed by atoms with van der Waals surface area (Å²) in [4.78, 5) is 21.0. The minimum atomic E-state index is 0. The van der Waals surface area contributed by atoms with Crippen LogP contribution in [0.3, 0.4) is 0 Å². The second-order valence-electron chi connectivity index (χ2n) is 7.47. The lowest BCUT2D eigenvalue weighted by Gasteiger charge is -2.38. The van der Waals surface area contributed by atoms with Gasteiger partial charge in [-0.1, -0.05) is 20.3 Å². The van der Waals surface area contributed by atoms with Crippen LogP contribution in [0.4, 0.5) is 0 Å². The summed E-state index contributed by atoms with van der Waals surface area (Å²) in [5.41, 5.74) is 0. The van der Waals surface area contributed by atoms with Gasteiger partial charge < -0.3 is 15.5 Å². The number of aliphatic imine (C=N–C) groups is 1. The van der Waals surface area contributed by atoms with E-state index in [2.05, 4.69) is 46.2 Å². The summed E-state index contributed by atoms with van der Waals surface area (Å²) in [6.07, 6.45) is 3.43. The molecule has 0 aromatic heterocycles. The van der Waals surface area contributed by atoms with Crippen molar-refractivity contribution in [2.45, 2.75) is 46.1 Å². The van der Waals surface area contributed by atoms with Crippen molar-refractivity contribution < 1.29 is 4.79 Å². The zero-order valence-electron chi connectivity index (χ0n) is 16.3. The highest BCUT2D eigenvalue weighted by molar-refractivity contribution is 14.0. The summed E-state index contributed by atoms with van der Waals surface area (Å²) in [7, 11) is 1.81. The van der Waals surface area contributed by atoms with Gasteiger partial charge in [-0.3, -0.25) is 14.7 Å². The highest BCUT2D eigenvalue weighted by Crippen LogP contribution is 2.28. The smallest absolute Gasteiger partial charge is 0.225 e. The van der Waals surface area contributed by atoms with Crippen molar-refractivity contribution in [1.82, 2.24) is 20.4 Å². The molecule has 0 bridgehead atoms.